The summed E-state index contributed by atoms with van der Waals surface area (Å²) in [6.07, 6.45) is 13.8. The summed E-state index contributed by atoms with van der Waals surface area (Å²) in [5.41, 5.74) is 10.2. The summed E-state index contributed by atoms with van der Waals surface area (Å²) in [5, 5.41) is 15.6. The van der Waals surface area contributed by atoms with Crippen molar-refractivity contribution in [2.75, 3.05) is 19.8 Å². The van der Waals surface area contributed by atoms with E-state index >= 15 is 0 Å². The molecule has 2 aliphatic heterocycles. The summed E-state index contributed by atoms with van der Waals surface area (Å²) in [6, 6.07) is 27.5. The second-order valence-electron chi connectivity index (χ2n) is 21.7. The number of nitrogens with one attached hydrogen (secondary N) is 2. The van der Waals surface area contributed by atoms with Crippen LogP contribution in [0.4, 0.5) is 0 Å². The average Bonchev–Trinajstić information content (AvgIpc) is 4.03. The number of rotatable bonds is 20. The largest absolute Gasteiger partial charge is 0.481 e. The maximum atomic E-state index is 13.8. The molecule has 0 aliphatic carbocycles. The Hall–Kier alpha value is -7.78. The molecule has 2 fully saturated rings. The fourth-order valence-corrected chi connectivity index (χ4v) is 10.3. The first-order valence-corrected chi connectivity index (χ1v) is 28.0. The Morgan fingerprint density at radius 2 is 1.14 bits per heavy atom. The smallest absolute Gasteiger partial charge is 0.308 e. The molecule has 15 nitrogen and oxygen atoms in total. The zero-order valence-corrected chi connectivity index (χ0v) is 47.8. The van der Waals surface area contributed by atoms with Crippen LogP contribution in [0.1, 0.15) is 143 Å². The van der Waals surface area contributed by atoms with Gasteiger partial charge in [0.05, 0.1) is 24.9 Å². The fraction of sp³-hybridized carbons (Fsp3) is 0.415. The lowest BCUT2D eigenvalue weighted by molar-refractivity contribution is -0.146. The van der Waals surface area contributed by atoms with E-state index in [0.717, 1.165) is 76.1 Å². The fourth-order valence-electron chi connectivity index (χ4n) is 10.3. The number of ether oxygens (including phenoxy) is 2. The summed E-state index contributed by atoms with van der Waals surface area (Å²) >= 11 is 0. The van der Waals surface area contributed by atoms with E-state index in [1.54, 1.807) is 48.0 Å². The monoisotopic (exact) mass is 1090 g/mol. The number of aromatic nitrogens is 3. The molecule has 3 amide bonds. The van der Waals surface area contributed by atoms with Crippen molar-refractivity contribution >= 4 is 29.7 Å². The Kier molecular flexibility index (Phi) is 23.5. The standard InChI is InChI=1S/C34H37N3O4.C27H35N3O4.C4H8O/c1-23(2)17-30(37-16-9-8-15-31(37)38)34(40)36-29(19-32(39)41-22-26-13-6-5-7-14-26)27-18-28(21-35-20-27)33-24(3)11-10-12-25(33)4;1-17(2)12-23(30-11-6-5-10-24(30)31)27(34)29-22(14-25(32)33)20-13-21(16-28-15-20)26-18(3)8-7-9-19(26)4;1-2-4-5-3-1/h5-16,18,20-21,23,29-30H,17,19,22H2,1-4H3,(H,36,40);7-9,13,15-17,22-23H,5-6,10-12,14H2,1-4H3,(H,29,34)(H,32,33);1-4H2/t29-,30?;22-,23?;/m11./s1. The highest BCUT2D eigenvalue weighted by atomic mass is 16.5. The molecule has 5 heterocycles. The van der Waals surface area contributed by atoms with Gasteiger partial charge in [-0.15, -0.1) is 0 Å². The van der Waals surface area contributed by atoms with Gasteiger partial charge >= 0.3 is 11.9 Å². The van der Waals surface area contributed by atoms with Gasteiger partial charge in [0.15, 0.2) is 0 Å². The third kappa shape index (κ3) is 18.1. The molecule has 2 aliphatic rings. The minimum atomic E-state index is -1.02. The first-order chi connectivity index (χ1) is 38.4. The number of carbonyl (C=O) groups excluding carboxylic acids is 4. The lowest BCUT2D eigenvalue weighted by atomic mass is 9.94. The van der Waals surface area contributed by atoms with E-state index in [1.165, 1.54) is 23.5 Å². The van der Waals surface area contributed by atoms with Crippen LogP contribution in [-0.2, 0) is 40.1 Å². The van der Waals surface area contributed by atoms with E-state index in [9.17, 15) is 33.9 Å². The molecule has 0 bridgehead atoms. The number of piperidine rings is 1. The van der Waals surface area contributed by atoms with Crippen LogP contribution < -0.4 is 16.2 Å². The molecule has 2 unspecified atom stereocenters. The quantitative estimate of drug-likeness (QED) is 0.0615. The van der Waals surface area contributed by atoms with Crippen LogP contribution in [0.25, 0.3) is 22.3 Å². The summed E-state index contributed by atoms with van der Waals surface area (Å²) in [7, 11) is 0. The van der Waals surface area contributed by atoms with Crippen molar-refractivity contribution in [3.05, 3.63) is 177 Å². The summed E-state index contributed by atoms with van der Waals surface area (Å²) in [5.74, 6) is -1.77. The lowest BCUT2D eigenvalue weighted by Crippen LogP contribution is -2.52. The van der Waals surface area contributed by atoms with Gasteiger partial charge in [0.25, 0.3) is 5.56 Å². The molecule has 0 saturated carbocycles. The van der Waals surface area contributed by atoms with Crippen molar-refractivity contribution in [1.82, 2.24) is 30.1 Å². The van der Waals surface area contributed by atoms with E-state index < -0.39 is 36.1 Å². The Bertz CT molecular complexity index is 3030. The third-order valence-electron chi connectivity index (χ3n) is 14.2. The van der Waals surface area contributed by atoms with Crippen LogP contribution in [-0.4, -0.2) is 80.0 Å². The van der Waals surface area contributed by atoms with Gasteiger partial charge < -0.3 is 34.7 Å². The zero-order valence-electron chi connectivity index (χ0n) is 47.8. The summed E-state index contributed by atoms with van der Waals surface area (Å²) in [6.45, 7) is 18.9. The number of esters is 1. The van der Waals surface area contributed by atoms with Gasteiger partial charge in [-0.05, 0) is 146 Å². The Labute approximate surface area is 471 Å². The van der Waals surface area contributed by atoms with Crippen LogP contribution in [0, 0.1) is 39.5 Å². The molecule has 8 rings (SSSR count). The first kappa shape index (κ1) is 61.4. The normalized spacial score (nSPS) is 14.6. The van der Waals surface area contributed by atoms with Crippen molar-refractivity contribution in [2.24, 2.45) is 11.8 Å². The minimum Gasteiger partial charge on any atom is -0.481 e. The number of carboxylic acids is 1. The molecule has 80 heavy (non-hydrogen) atoms. The average molecular weight is 1090 g/mol. The maximum Gasteiger partial charge on any atom is 0.308 e. The predicted octanol–water partition coefficient (Wildman–Crippen LogP) is 11.3. The van der Waals surface area contributed by atoms with Crippen LogP contribution in [0.15, 0.2) is 133 Å². The number of hydrogen-bond acceptors (Lipinski definition) is 10. The molecule has 424 valence electrons. The third-order valence-corrected chi connectivity index (χ3v) is 14.2. The highest BCUT2D eigenvalue weighted by Crippen LogP contribution is 2.32. The number of aryl methyl sites for hydroxylation is 4. The molecular formula is C65H80N6O9. The van der Waals surface area contributed by atoms with E-state index in [1.807, 2.05) is 134 Å². The number of pyridine rings is 3. The SMILES string of the molecule is C1CCOC1.Cc1cccc(C)c1-c1cncc([C@@H](CC(=O)O)NC(=O)C(CC(C)C)N2CCCCC2=O)c1.Cc1cccc(C)c1-c1cncc([C@@H](CC(=O)OCc2ccccc2)NC(=O)C(CC(C)C)n2ccccc2=O)c1. The second-order valence-corrected chi connectivity index (χ2v) is 21.7. The maximum absolute atomic E-state index is 13.8. The molecule has 2 saturated heterocycles. The molecule has 3 aromatic carbocycles. The van der Waals surface area contributed by atoms with E-state index in [4.69, 9.17) is 9.47 Å². The molecule has 4 atom stereocenters. The number of carbonyl (C=O) groups is 5. The molecule has 15 heteroatoms. The molecule has 0 radical (unpaired) electrons. The van der Waals surface area contributed by atoms with Gasteiger partial charge in [-0.2, -0.15) is 0 Å². The van der Waals surface area contributed by atoms with Crippen molar-refractivity contribution in [3.63, 3.8) is 0 Å². The Morgan fingerprint density at radius 1 is 0.625 bits per heavy atom. The molecular weight excluding hydrogens is 1010 g/mol. The van der Waals surface area contributed by atoms with Crippen LogP contribution in [0.3, 0.4) is 0 Å². The van der Waals surface area contributed by atoms with Gasteiger partial charge in [-0.3, -0.25) is 38.7 Å². The number of carboxylic acid groups (broad SMARTS) is 1. The van der Waals surface area contributed by atoms with Gasteiger partial charge in [0, 0.05) is 74.4 Å². The number of hydrogen-bond donors (Lipinski definition) is 3. The Balaban J connectivity index is 0.000000240. The van der Waals surface area contributed by atoms with Crippen molar-refractivity contribution in [2.45, 2.75) is 144 Å². The van der Waals surface area contributed by atoms with Crippen molar-refractivity contribution in [3.8, 4) is 22.3 Å². The summed E-state index contributed by atoms with van der Waals surface area (Å²) < 4.78 is 12.0. The number of benzene rings is 3. The first-order valence-electron chi connectivity index (χ1n) is 28.0. The van der Waals surface area contributed by atoms with Gasteiger partial charge in [0.1, 0.15) is 18.7 Å². The molecule has 0 spiro atoms. The van der Waals surface area contributed by atoms with E-state index in [-0.39, 0.29) is 54.6 Å². The zero-order chi connectivity index (χ0) is 57.7. The highest BCUT2D eigenvalue weighted by molar-refractivity contribution is 5.89. The van der Waals surface area contributed by atoms with Crippen molar-refractivity contribution in [1.29, 1.82) is 0 Å². The van der Waals surface area contributed by atoms with Crippen LogP contribution in [0.2, 0.25) is 0 Å². The lowest BCUT2D eigenvalue weighted by Gasteiger charge is -2.35. The van der Waals surface area contributed by atoms with Gasteiger partial charge in [-0.1, -0.05) is 100 Å². The van der Waals surface area contributed by atoms with E-state index in [0.29, 0.717) is 36.9 Å². The van der Waals surface area contributed by atoms with Crippen LogP contribution >= 0.6 is 0 Å². The highest BCUT2D eigenvalue weighted by Gasteiger charge is 2.34. The minimum absolute atomic E-state index is 0.0134. The van der Waals surface area contributed by atoms with Gasteiger partial charge in [-0.25, -0.2) is 0 Å². The van der Waals surface area contributed by atoms with Gasteiger partial charge in [0.2, 0.25) is 17.7 Å². The predicted molar refractivity (Wildman–Crippen MR) is 311 cm³/mol. The summed E-state index contributed by atoms with van der Waals surface area (Å²) in [4.78, 5) is 87.7. The number of aliphatic carboxylic acids is 1. The topological polar surface area (TPSA) is 199 Å². The van der Waals surface area contributed by atoms with E-state index in [2.05, 4.69) is 20.6 Å². The number of amides is 3. The molecule has 3 aromatic heterocycles. The Morgan fingerprint density at radius 3 is 1.62 bits per heavy atom. The molecule has 6 aromatic rings. The van der Waals surface area contributed by atoms with Crippen molar-refractivity contribution < 1.29 is 38.6 Å². The second kappa shape index (κ2) is 30.5. The number of nitrogens with zero attached hydrogens (tertiary/aromatic N) is 4. The number of likely N-dealkylation sites (tertiary alicyclic amines) is 1. The molecule has 3 N–H and O–H groups in total. The van der Waals surface area contributed by atoms with Crippen LogP contribution in [0.5, 0.6) is 0 Å².